The standard InChI is InChI=1S/C19H20Cl2N2O2/c1-25-18-5-3-2-4-16(18)19(24)23-10-8-22(9-11-23)13-14-6-7-15(20)12-17(14)21/h2-7,12H,8-11,13H2,1H3. The molecule has 0 aromatic heterocycles. The summed E-state index contributed by atoms with van der Waals surface area (Å²) in [6.45, 7) is 3.73. The van der Waals surface area contributed by atoms with Gasteiger partial charge in [0, 0.05) is 42.8 Å². The van der Waals surface area contributed by atoms with E-state index in [-0.39, 0.29) is 5.91 Å². The number of para-hydroxylation sites is 1. The molecule has 6 heteroatoms. The van der Waals surface area contributed by atoms with E-state index in [1.807, 2.05) is 35.2 Å². The van der Waals surface area contributed by atoms with E-state index < -0.39 is 0 Å². The Kier molecular flexibility index (Phi) is 5.84. The third-order valence-electron chi connectivity index (χ3n) is 4.41. The second-order valence-corrected chi connectivity index (χ2v) is 6.85. The van der Waals surface area contributed by atoms with E-state index in [1.165, 1.54) is 0 Å². The lowest BCUT2D eigenvalue weighted by molar-refractivity contribution is 0.0625. The molecule has 1 heterocycles. The Morgan fingerprint density at radius 1 is 1.08 bits per heavy atom. The molecule has 1 amide bonds. The number of methoxy groups -OCH3 is 1. The van der Waals surface area contributed by atoms with Gasteiger partial charge >= 0.3 is 0 Å². The molecule has 1 aliphatic rings. The Bertz CT molecular complexity index is 759. The molecule has 2 aromatic carbocycles. The highest BCUT2D eigenvalue weighted by Gasteiger charge is 2.24. The Morgan fingerprint density at radius 3 is 2.48 bits per heavy atom. The fourth-order valence-corrected chi connectivity index (χ4v) is 3.46. The van der Waals surface area contributed by atoms with E-state index in [1.54, 1.807) is 19.2 Å². The highest BCUT2D eigenvalue weighted by molar-refractivity contribution is 6.35. The summed E-state index contributed by atoms with van der Waals surface area (Å²) in [6, 6.07) is 12.9. The SMILES string of the molecule is COc1ccccc1C(=O)N1CCN(Cc2ccc(Cl)cc2Cl)CC1. The van der Waals surface area contributed by atoms with E-state index in [0.29, 0.717) is 34.4 Å². The molecular weight excluding hydrogens is 359 g/mol. The van der Waals surface area contributed by atoms with Crippen LogP contribution in [-0.4, -0.2) is 49.0 Å². The molecule has 2 aromatic rings. The molecule has 132 valence electrons. The third kappa shape index (κ3) is 4.27. The molecule has 1 fully saturated rings. The number of piperazine rings is 1. The van der Waals surface area contributed by atoms with E-state index in [2.05, 4.69) is 4.90 Å². The fraction of sp³-hybridized carbons (Fsp3) is 0.316. The van der Waals surface area contributed by atoms with Crippen LogP contribution in [0.3, 0.4) is 0 Å². The van der Waals surface area contributed by atoms with Crippen LogP contribution in [0.4, 0.5) is 0 Å². The summed E-state index contributed by atoms with van der Waals surface area (Å²) in [5, 5.41) is 1.32. The van der Waals surface area contributed by atoms with Crippen molar-refractivity contribution < 1.29 is 9.53 Å². The Labute approximate surface area is 157 Å². The minimum atomic E-state index is 0.0154. The third-order valence-corrected chi connectivity index (χ3v) is 4.99. The molecule has 0 radical (unpaired) electrons. The molecule has 0 aliphatic carbocycles. The summed E-state index contributed by atoms with van der Waals surface area (Å²) in [4.78, 5) is 16.9. The van der Waals surface area contributed by atoms with Crippen molar-refractivity contribution in [1.82, 2.24) is 9.80 Å². The van der Waals surface area contributed by atoms with Gasteiger partial charge in [-0.3, -0.25) is 9.69 Å². The molecule has 0 bridgehead atoms. The van der Waals surface area contributed by atoms with Crippen molar-refractivity contribution in [3.63, 3.8) is 0 Å². The maximum absolute atomic E-state index is 12.7. The maximum atomic E-state index is 12.7. The number of amides is 1. The number of carbonyl (C=O) groups is 1. The van der Waals surface area contributed by atoms with Crippen LogP contribution in [0, 0.1) is 0 Å². The number of hydrogen-bond acceptors (Lipinski definition) is 3. The largest absolute Gasteiger partial charge is 0.496 e. The van der Waals surface area contributed by atoms with E-state index in [4.69, 9.17) is 27.9 Å². The van der Waals surface area contributed by atoms with E-state index >= 15 is 0 Å². The number of halogens is 2. The first-order valence-electron chi connectivity index (χ1n) is 8.17. The highest BCUT2D eigenvalue weighted by Crippen LogP contribution is 2.24. The number of benzene rings is 2. The summed E-state index contributed by atoms with van der Waals surface area (Å²) in [5.41, 5.74) is 1.66. The zero-order chi connectivity index (χ0) is 17.8. The van der Waals surface area contributed by atoms with Crippen molar-refractivity contribution in [1.29, 1.82) is 0 Å². The van der Waals surface area contributed by atoms with Crippen molar-refractivity contribution in [2.75, 3.05) is 33.3 Å². The van der Waals surface area contributed by atoms with Crippen LogP contribution in [0.25, 0.3) is 0 Å². The molecule has 0 N–H and O–H groups in total. The zero-order valence-corrected chi connectivity index (χ0v) is 15.6. The van der Waals surface area contributed by atoms with Crippen molar-refractivity contribution in [3.8, 4) is 5.75 Å². The zero-order valence-electron chi connectivity index (χ0n) is 14.0. The van der Waals surface area contributed by atoms with Gasteiger partial charge in [-0.1, -0.05) is 41.4 Å². The van der Waals surface area contributed by atoms with Gasteiger partial charge in [0.25, 0.3) is 5.91 Å². The Hall–Kier alpha value is -1.75. The van der Waals surface area contributed by atoms with Gasteiger partial charge in [0.1, 0.15) is 5.75 Å². The minimum absolute atomic E-state index is 0.0154. The second-order valence-electron chi connectivity index (χ2n) is 6.00. The van der Waals surface area contributed by atoms with Crippen molar-refractivity contribution in [2.24, 2.45) is 0 Å². The smallest absolute Gasteiger partial charge is 0.257 e. The lowest BCUT2D eigenvalue weighted by Gasteiger charge is -2.35. The Morgan fingerprint density at radius 2 is 1.80 bits per heavy atom. The molecule has 1 aliphatic heterocycles. The van der Waals surface area contributed by atoms with Gasteiger partial charge in [-0.15, -0.1) is 0 Å². The summed E-state index contributed by atoms with van der Waals surface area (Å²) < 4.78 is 5.30. The fourth-order valence-electron chi connectivity index (χ4n) is 2.99. The molecule has 1 saturated heterocycles. The number of hydrogen-bond donors (Lipinski definition) is 0. The van der Waals surface area contributed by atoms with Crippen LogP contribution in [0.2, 0.25) is 10.0 Å². The number of nitrogens with zero attached hydrogens (tertiary/aromatic N) is 2. The predicted molar refractivity (Wildman–Crippen MR) is 101 cm³/mol. The van der Waals surface area contributed by atoms with E-state index in [0.717, 1.165) is 25.2 Å². The monoisotopic (exact) mass is 378 g/mol. The summed E-state index contributed by atoms with van der Waals surface area (Å²) in [6.07, 6.45) is 0. The van der Waals surface area contributed by atoms with Crippen LogP contribution in [0.15, 0.2) is 42.5 Å². The van der Waals surface area contributed by atoms with Gasteiger partial charge in [0.2, 0.25) is 0 Å². The van der Waals surface area contributed by atoms with Gasteiger partial charge in [0.05, 0.1) is 12.7 Å². The molecule has 25 heavy (non-hydrogen) atoms. The quantitative estimate of drug-likeness (QED) is 0.806. The minimum Gasteiger partial charge on any atom is -0.496 e. The first-order chi connectivity index (χ1) is 12.1. The van der Waals surface area contributed by atoms with Crippen molar-refractivity contribution >= 4 is 29.1 Å². The van der Waals surface area contributed by atoms with Crippen LogP contribution in [-0.2, 0) is 6.54 Å². The number of carbonyl (C=O) groups excluding carboxylic acids is 1. The normalized spacial score (nSPS) is 15.2. The summed E-state index contributed by atoms with van der Waals surface area (Å²) in [7, 11) is 1.58. The lowest BCUT2D eigenvalue weighted by atomic mass is 10.1. The molecule has 0 saturated carbocycles. The van der Waals surface area contributed by atoms with Crippen LogP contribution >= 0.6 is 23.2 Å². The topological polar surface area (TPSA) is 32.8 Å². The van der Waals surface area contributed by atoms with Gasteiger partial charge in [0.15, 0.2) is 0 Å². The molecule has 0 atom stereocenters. The molecule has 4 nitrogen and oxygen atoms in total. The average Bonchev–Trinajstić information content (AvgIpc) is 2.64. The average molecular weight is 379 g/mol. The first-order valence-corrected chi connectivity index (χ1v) is 8.92. The molecule has 0 spiro atoms. The number of rotatable bonds is 4. The van der Waals surface area contributed by atoms with Gasteiger partial charge in [-0.25, -0.2) is 0 Å². The van der Waals surface area contributed by atoms with Crippen molar-refractivity contribution in [2.45, 2.75) is 6.54 Å². The van der Waals surface area contributed by atoms with Crippen LogP contribution < -0.4 is 4.74 Å². The van der Waals surface area contributed by atoms with Gasteiger partial charge < -0.3 is 9.64 Å². The lowest BCUT2D eigenvalue weighted by Crippen LogP contribution is -2.48. The summed E-state index contributed by atoms with van der Waals surface area (Å²) in [5.74, 6) is 0.629. The van der Waals surface area contributed by atoms with Crippen molar-refractivity contribution in [3.05, 3.63) is 63.6 Å². The first kappa shape index (κ1) is 18.1. The maximum Gasteiger partial charge on any atom is 0.257 e. The molecular formula is C19H20Cl2N2O2. The Balaban J connectivity index is 1.61. The van der Waals surface area contributed by atoms with Crippen LogP contribution in [0.1, 0.15) is 15.9 Å². The van der Waals surface area contributed by atoms with Crippen LogP contribution in [0.5, 0.6) is 5.75 Å². The molecule has 0 unspecified atom stereocenters. The highest BCUT2D eigenvalue weighted by atomic mass is 35.5. The van der Waals surface area contributed by atoms with E-state index in [9.17, 15) is 4.79 Å². The second kappa shape index (κ2) is 8.09. The van der Waals surface area contributed by atoms with Gasteiger partial charge in [-0.2, -0.15) is 0 Å². The predicted octanol–water partition coefficient (Wildman–Crippen LogP) is 3.96. The van der Waals surface area contributed by atoms with Gasteiger partial charge in [-0.05, 0) is 29.8 Å². The number of ether oxygens (including phenoxy) is 1. The summed E-state index contributed by atoms with van der Waals surface area (Å²) >= 11 is 12.2. The molecule has 3 rings (SSSR count).